The summed E-state index contributed by atoms with van der Waals surface area (Å²) >= 11 is 1.56. The molecule has 0 radical (unpaired) electrons. The summed E-state index contributed by atoms with van der Waals surface area (Å²) in [4.78, 5) is 28.6. The van der Waals surface area contributed by atoms with Crippen LogP contribution in [0.25, 0.3) is 0 Å². The number of thioether (sulfide) groups is 1. The Morgan fingerprint density at radius 2 is 2.35 bits per heavy atom. The molecule has 1 saturated heterocycles. The third-order valence-electron chi connectivity index (χ3n) is 2.71. The summed E-state index contributed by atoms with van der Waals surface area (Å²) in [5.41, 5.74) is 0.420. The minimum Gasteiger partial charge on any atom is -0.480 e. The molecule has 1 N–H and O–H groups in total. The van der Waals surface area contributed by atoms with Crippen LogP contribution in [0.1, 0.15) is 10.5 Å². The summed E-state index contributed by atoms with van der Waals surface area (Å²) in [5, 5.41) is 9.09. The third kappa shape index (κ3) is 2.28. The van der Waals surface area contributed by atoms with E-state index in [-0.39, 0.29) is 5.91 Å². The number of hydrogen-bond donors (Lipinski definition) is 1. The number of carbonyl (C=O) groups is 2. The van der Waals surface area contributed by atoms with E-state index in [4.69, 9.17) is 5.11 Å². The van der Waals surface area contributed by atoms with E-state index >= 15 is 0 Å². The van der Waals surface area contributed by atoms with Gasteiger partial charge in [-0.25, -0.2) is 9.78 Å². The molecule has 1 amide bonds. The maximum absolute atomic E-state index is 12.2. The number of aromatic nitrogens is 2. The van der Waals surface area contributed by atoms with Gasteiger partial charge in [0.05, 0.1) is 12.5 Å². The molecular weight excluding hydrogens is 242 g/mol. The average molecular weight is 255 g/mol. The average Bonchev–Trinajstić information content (AvgIpc) is 2.74. The lowest BCUT2D eigenvalue weighted by Crippen LogP contribution is -2.50. The van der Waals surface area contributed by atoms with Gasteiger partial charge in [0.1, 0.15) is 11.7 Å². The van der Waals surface area contributed by atoms with Gasteiger partial charge in [-0.15, -0.1) is 0 Å². The Labute approximate surface area is 103 Å². The predicted octanol–water partition coefficient (Wildman–Crippen LogP) is 0.0623. The quantitative estimate of drug-likeness (QED) is 0.809. The van der Waals surface area contributed by atoms with Gasteiger partial charge >= 0.3 is 5.97 Å². The summed E-state index contributed by atoms with van der Waals surface area (Å²) in [6.45, 7) is 0.464. The van der Waals surface area contributed by atoms with Crippen molar-refractivity contribution in [2.45, 2.75) is 6.04 Å². The number of nitrogens with zero attached hydrogens (tertiary/aromatic N) is 3. The Bertz CT molecular complexity index is 446. The third-order valence-corrected chi connectivity index (χ3v) is 3.73. The molecule has 7 heteroatoms. The largest absolute Gasteiger partial charge is 0.480 e. The van der Waals surface area contributed by atoms with Gasteiger partial charge in [-0.1, -0.05) is 0 Å². The van der Waals surface area contributed by atoms with E-state index in [0.717, 1.165) is 5.75 Å². The zero-order valence-corrected chi connectivity index (χ0v) is 10.2. The lowest BCUT2D eigenvalue weighted by atomic mass is 10.2. The molecule has 0 aromatic carbocycles. The second-order valence-electron chi connectivity index (χ2n) is 3.82. The van der Waals surface area contributed by atoms with Crippen molar-refractivity contribution in [1.82, 2.24) is 14.5 Å². The van der Waals surface area contributed by atoms with Crippen molar-refractivity contribution in [1.29, 1.82) is 0 Å². The van der Waals surface area contributed by atoms with Gasteiger partial charge in [0.2, 0.25) is 0 Å². The number of carboxylic acid groups (broad SMARTS) is 1. The fourth-order valence-corrected chi connectivity index (χ4v) is 2.80. The summed E-state index contributed by atoms with van der Waals surface area (Å²) in [6.07, 6.45) is 2.99. The fraction of sp³-hybridized carbons (Fsp3) is 0.500. The van der Waals surface area contributed by atoms with Gasteiger partial charge in [0.25, 0.3) is 5.91 Å². The molecule has 2 rings (SSSR count). The van der Waals surface area contributed by atoms with E-state index in [2.05, 4.69) is 4.98 Å². The van der Waals surface area contributed by atoms with Gasteiger partial charge in [-0.3, -0.25) is 4.79 Å². The van der Waals surface area contributed by atoms with E-state index in [1.165, 1.54) is 17.4 Å². The smallest absolute Gasteiger partial charge is 0.327 e. The number of imidazole rings is 1. The zero-order chi connectivity index (χ0) is 12.4. The van der Waals surface area contributed by atoms with Crippen LogP contribution in [0.3, 0.4) is 0 Å². The molecule has 1 aromatic heterocycles. The van der Waals surface area contributed by atoms with Crippen molar-refractivity contribution in [3.63, 3.8) is 0 Å². The first kappa shape index (κ1) is 12.0. The normalized spacial score (nSPS) is 20.3. The van der Waals surface area contributed by atoms with Crippen LogP contribution in [0.15, 0.2) is 12.5 Å². The summed E-state index contributed by atoms with van der Waals surface area (Å²) < 4.78 is 1.60. The van der Waals surface area contributed by atoms with E-state index < -0.39 is 12.0 Å². The molecule has 92 valence electrons. The lowest BCUT2D eigenvalue weighted by molar-refractivity contribution is -0.141. The first-order chi connectivity index (χ1) is 8.11. The molecule has 1 atom stereocenters. The Morgan fingerprint density at radius 3 is 2.94 bits per heavy atom. The SMILES string of the molecule is Cn1cncc1C(=O)N1CCSCC1C(=O)O. The van der Waals surface area contributed by atoms with Crippen molar-refractivity contribution < 1.29 is 14.7 Å². The molecule has 17 heavy (non-hydrogen) atoms. The highest BCUT2D eigenvalue weighted by atomic mass is 32.2. The Morgan fingerprint density at radius 1 is 1.59 bits per heavy atom. The number of rotatable bonds is 2. The first-order valence-corrected chi connectivity index (χ1v) is 6.34. The number of aliphatic carboxylic acids is 1. The zero-order valence-electron chi connectivity index (χ0n) is 9.37. The molecule has 1 fully saturated rings. The Hall–Kier alpha value is -1.50. The number of carboxylic acids is 1. The highest BCUT2D eigenvalue weighted by molar-refractivity contribution is 7.99. The molecule has 1 aliphatic heterocycles. The minimum absolute atomic E-state index is 0.266. The molecule has 0 spiro atoms. The molecular formula is C10H13N3O3S. The molecule has 0 bridgehead atoms. The van der Waals surface area contributed by atoms with E-state index in [0.29, 0.717) is 18.0 Å². The monoisotopic (exact) mass is 255 g/mol. The first-order valence-electron chi connectivity index (χ1n) is 5.19. The molecule has 1 aromatic rings. The Balaban J connectivity index is 2.23. The van der Waals surface area contributed by atoms with Crippen LogP contribution in [0.4, 0.5) is 0 Å². The maximum Gasteiger partial charge on any atom is 0.327 e. The number of amides is 1. The van der Waals surface area contributed by atoms with Gasteiger partial charge in [-0.2, -0.15) is 11.8 Å². The van der Waals surface area contributed by atoms with Gasteiger partial charge < -0.3 is 14.6 Å². The summed E-state index contributed by atoms with van der Waals surface area (Å²) in [7, 11) is 1.72. The van der Waals surface area contributed by atoms with Gasteiger partial charge in [0, 0.05) is 25.1 Å². The predicted molar refractivity (Wildman–Crippen MR) is 63.0 cm³/mol. The molecule has 0 aliphatic carbocycles. The minimum atomic E-state index is -0.951. The summed E-state index contributed by atoms with van der Waals surface area (Å²) in [6, 6.07) is -0.740. The van der Waals surface area contributed by atoms with Crippen LogP contribution in [0, 0.1) is 0 Å². The highest BCUT2D eigenvalue weighted by Gasteiger charge is 2.33. The molecule has 1 aliphatic rings. The van der Waals surface area contributed by atoms with Crippen LogP contribution in [-0.4, -0.2) is 55.5 Å². The topological polar surface area (TPSA) is 75.4 Å². The van der Waals surface area contributed by atoms with Gasteiger partial charge in [-0.05, 0) is 0 Å². The number of hydrogen-bond acceptors (Lipinski definition) is 4. The summed E-state index contributed by atoms with van der Waals surface area (Å²) in [5.74, 6) is -0.00263. The van der Waals surface area contributed by atoms with E-state index in [9.17, 15) is 9.59 Å². The van der Waals surface area contributed by atoms with Crippen LogP contribution in [-0.2, 0) is 11.8 Å². The molecule has 1 unspecified atom stereocenters. The second kappa shape index (κ2) is 4.79. The van der Waals surface area contributed by atoms with Crippen LogP contribution >= 0.6 is 11.8 Å². The Kier molecular flexibility index (Phi) is 3.37. The highest BCUT2D eigenvalue weighted by Crippen LogP contribution is 2.19. The molecule has 6 nitrogen and oxygen atoms in total. The second-order valence-corrected chi connectivity index (χ2v) is 4.97. The van der Waals surface area contributed by atoms with Gasteiger partial charge in [0.15, 0.2) is 0 Å². The van der Waals surface area contributed by atoms with Crippen molar-refractivity contribution in [2.24, 2.45) is 7.05 Å². The fourth-order valence-electron chi connectivity index (χ4n) is 1.76. The van der Waals surface area contributed by atoms with Crippen LogP contribution < -0.4 is 0 Å². The van der Waals surface area contributed by atoms with Crippen molar-refractivity contribution in [3.8, 4) is 0 Å². The van der Waals surface area contributed by atoms with E-state index in [1.807, 2.05) is 0 Å². The van der Waals surface area contributed by atoms with Crippen LogP contribution in [0.2, 0.25) is 0 Å². The molecule has 2 heterocycles. The molecule has 0 saturated carbocycles. The van der Waals surface area contributed by atoms with Crippen molar-refractivity contribution in [2.75, 3.05) is 18.1 Å². The van der Waals surface area contributed by atoms with Crippen molar-refractivity contribution in [3.05, 3.63) is 18.2 Å². The van der Waals surface area contributed by atoms with E-state index in [1.54, 1.807) is 23.4 Å². The standard InChI is InChI=1S/C10H13N3O3S/c1-12-6-11-4-7(12)9(14)13-2-3-17-5-8(13)10(15)16/h4,6,8H,2-3,5H2,1H3,(H,15,16). The van der Waals surface area contributed by atoms with Crippen LogP contribution in [0.5, 0.6) is 0 Å². The number of carbonyl (C=O) groups excluding carboxylic acids is 1. The number of aryl methyl sites for hydroxylation is 1. The maximum atomic E-state index is 12.2. The van der Waals surface area contributed by atoms with Crippen molar-refractivity contribution >= 4 is 23.6 Å². The lowest BCUT2D eigenvalue weighted by Gasteiger charge is -2.32.